The van der Waals surface area contributed by atoms with E-state index in [0.29, 0.717) is 26.7 Å². The third-order valence-corrected chi connectivity index (χ3v) is 7.17. The van der Waals surface area contributed by atoms with Crippen molar-refractivity contribution in [2.75, 3.05) is 11.1 Å². The van der Waals surface area contributed by atoms with Gasteiger partial charge in [0.25, 0.3) is 5.91 Å². The van der Waals surface area contributed by atoms with Gasteiger partial charge in [-0.25, -0.2) is 5.01 Å². The number of amides is 1. The molecule has 1 atom stereocenters. The summed E-state index contributed by atoms with van der Waals surface area (Å²) in [4.78, 5) is 13.1. The fourth-order valence-electron chi connectivity index (χ4n) is 3.41. The molecule has 0 fully saturated rings. The summed E-state index contributed by atoms with van der Waals surface area (Å²) >= 11 is 8.76. The van der Waals surface area contributed by atoms with Gasteiger partial charge in [0, 0.05) is 17.1 Å². The van der Waals surface area contributed by atoms with Crippen LogP contribution in [-0.4, -0.2) is 32.6 Å². The molecule has 0 spiro atoms. The second-order valence-electron chi connectivity index (χ2n) is 7.18. The highest BCUT2D eigenvalue weighted by Gasteiger charge is 2.34. The first-order valence-electron chi connectivity index (χ1n) is 10.1. The van der Waals surface area contributed by atoms with Gasteiger partial charge in [0.2, 0.25) is 5.13 Å². The van der Waals surface area contributed by atoms with Gasteiger partial charge in [-0.3, -0.25) is 4.79 Å². The normalized spacial score (nSPS) is 15.5. The Kier molecular flexibility index (Phi) is 6.43. The molecule has 10 heteroatoms. The Labute approximate surface area is 203 Å². The molecule has 2 aromatic heterocycles. The van der Waals surface area contributed by atoms with E-state index in [1.165, 1.54) is 28.1 Å². The molecule has 166 valence electrons. The van der Waals surface area contributed by atoms with E-state index in [1.54, 1.807) is 6.26 Å². The van der Waals surface area contributed by atoms with Crippen LogP contribution in [0.5, 0.6) is 0 Å². The van der Waals surface area contributed by atoms with Crippen LogP contribution < -0.4 is 5.32 Å². The Balaban J connectivity index is 1.28. The van der Waals surface area contributed by atoms with Crippen molar-refractivity contribution in [3.05, 3.63) is 89.3 Å². The average Bonchev–Trinajstić information content (AvgIpc) is 3.59. The third-order valence-electron chi connectivity index (χ3n) is 4.97. The summed E-state index contributed by atoms with van der Waals surface area (Å²) in [7, 11) is 0. The number of hydrazone groups is 1. The first-order valence-corrected chi connectivity index (χ1v) is 12.3. The second kappa shape index (κ2) is 9.78. The molecule has 4 aromatic rings. The van der Waals surface area contributed by atoms with E-state index in [9.17, 15) is 4.79 Å². The monoisotopic (exact) mass is 495 g/mol. The van der Waals surface area contributed by atoms with Gasteiger partial charge in [0.1, 0.15) is 11.8 Å². The number of carbonyl (C=O) groups excluding carboxylic acids is 1. The maximum Gasteiger partial charge on any atom is 0.253 e. The molecule has 0 bridgehead atoms. The molecule has 0 saturated carbocycles. The topological polar surface area (TPSA) is 83.6 Å². The van der Waals surface area contributed by atoms with Crippen LogP contribution in [0.4, 0.5) is 10.8 Å². The number of nitrogens with zero attached hydrogens (tertiary/aromatic N) is 4. The van der Waals surface area contributed by atoms with Gasteiger partial charge in [-0.05, 0) is 42.0 Å². The molecule has 1 N–H and O–H groups in total. The summed E-state index contributed by atoms with van der Waals surface area (Å²) in [5.41, 5.74) is 2.68. The smallest absolute Gasteiger partial charge is 0.253 e. The minimum atomic E-state index is -0.288. The first kappa shape index (κ1) is 21.7. The van der Waals surface area contributed by atoms with E-state index in [0.717, 1.165) is 17.0 Å². The molecule has 33 heavy (non-hydrogen) atoms. The Bertz CT molecular complexity index is 1260. The number of hydrogen-bond donors (Lipinski definition) is 1. The number of nitrogens with one attached hydrogen (secondary N) is 1. The van der Waals surface area contributed by atoms with Gasteiger partial charge in [0.15, 0.2) is 4.34 Å². The number of halogens is 1. The van der Waals surface area contributed by atoms with Crippen molar-refractivity contribution in [3.8, 4) is 0 Å². The summed E-state index contributed by atoms with van der Waals surface area (Å²) in [5.74, 6) is 0.763. The molecular weight excluding hydrogens is 478 g/mol. The van der Waals surface area contributed by atoms with Gasteiger partial charge in [-0.2, -0.15) is 5.10 Å². The lowest BCUT2D eigenvalue weighted by atomic mass is 10.0. The largest absolute Gasteiger partial charge is 0.467 e. The van der Waals surface area contributed by atoms with E-state index < -0.39 is 0 Å². The lowest BCUT2D eigenvalue weighted by molar-refractivity contribution is -0.130. The van der Waals surface area contributed by atoms with Gasteiger partial charge in [-0.15, -0.1) is 10.2 Å². The standard InChI is InChI=1S/C23H18ClN5O2S2/c24-16-10-8-15(9-11-16)18-13-19(20-7-4-12-31-20)29(28-18)21(30)14-32-23-27-26-22(33-23)25-17-5-2-1-3-6-17/h1-12,19H,13-14H2,(H,25,26). The zero-order valence-electron chi connectivity index (χ0n) is 17.2. The van der Waals surface area contributed by atoms with E-state index in [4.69, 9.17) is 16.0 Å². The van der Waals surface area contributed by atoms with Crippen LogP contribution in [0.25, 0.3) is 0 Å². The lowest BCUT2D eigenvalue weighted by Crippen LogP contribution is -2.28. The molecule has 5 rings (SSSR count). The first-order chi connectivity index (χ1) is 16.2. The molecule has 1 aliphatic rings. The molecule has 1 amide bonds. The number of hydrogen-bond acceptors (Lipinski definition) is 8. The quantitative estimate of drug-likeness (QED) is 0.317. The number of rotatable bonds is 7. The number of benzene rings is 2. The fraction of sp³-hybridized carbons (Fsp3) is 0.130. The number of carbonyl (C=O) groups is 1. The second-order valence-corrected chi connectivity index (χ2v) is 9.82. The fourth-order valence-corrected chi connectivity index (χ4v) is 5.16. The Morgan fingerprint density at radius 2 is 1.94 bits per heavy atom. The number of para-hydroxylation sites is 1. The predicted octanol–water partition coefficient (Wildman–Crippen LogP) is 6.00. The van der Waals surface area contributed by atoms with Crippen molar-refractivity contribution in [3.63, 3.8) is 0 Å². The molecule has 2 aromatic carbocycles. The Morgan fingerprint density at radius 3 is 2.70 bits per heavy atom. The maximum absolute atomic E-state index is 13.1. The van der Waals surface area contributed by atoms with Crippen LogP contribution in [0, 0.1) is 0 Å². The van der Waals surface area contributed by atoms with Crippen LogP contribution in [-0.2, 0) is 4.79 Å². The number of thioether (sulfide) groups is 1. The van der Waals surface area contributed by atoms with E-state index in [-0.39, 0.29) is 17.7 Å². The summed E-state index contributed by atoms with van der Waals surface area (Å²) in [6, 6.07) is 20.6. The highest BCUT2D eigenvalue weighted by molar-refractivity contribution is 8.01. The van der Waals surface area contributed by atoms with Crippen LogP contribution in [0.1, 0.15) is 23.8 Å². The van der Waals surface area contributed by atoms with Gasteiger partial charge >= 0.3 is 0 Å². The summed E-state index contributed by atoms with van der Waals surface area (Å²) in [5, 5.41) is 19.0. The van der Waals surface area contributed by atoms with E-state index in [1.807, 2.05) is 66.7 Å². The van der Waals surface area contributed by atoms with E-state index in [2.05, 4.69) is 20.6 Å². The summed E-state index contributed by atoms with van der Waals surface area (Å²) in [6.07, 6.45) is 2.17. The van der Waals surface area contributed by atoms with Crippen LogP contribution in [0.3, 0.4) is 0 Å². The molecule has 0 aliphatic carbocycles. The zero-order valence-corrected chi connectivity index (χ0v) is 19.6. The molecule has 1 unspecified atom stereocenters. The van der Waals surface area contributed by atoms with Crippen LogP contribution >= 0.6 is 34.7 Å². The average molecular weight is 496 g/mol. The third kappa shape index (κ3) is 5.11. The zero-order chi connectivity index (χ0) is 22.6. The maximum atomic E-state index is 13.1. The number of aromatic nitrogens is 2. The number of furan rings is 1. The molecule has 1 aliphatic heterocycles. The van der Waals surface area contributed by atoms with Gasteiger partial charge in [-0.1, -0.05) is 65.0 Å². The highest BCUT2D eigenvalue weighted by atomic mass is 35.5. The molecule has 0 radical (unpaired) electrons. The van der Waals surface area contributed by atoms with Crippen molar-refractivity contribution in [1.82, 2.24) is 15.2 Å². The van der Waals surface area contributed by atoms with E-state index >= 15 is 0 Å². The van der Waals surface area contributed by atoms with Gasteiger partial charge < -0.3 is 9.73 Å². The van der Waals surface area contributed by atoms with Crippen molar-refractivity contribution in [2.45, 2.75) is 16.8 Å². The number of anilines is 2. The predicted molar refractivity (Wildman–Crippen MR) is 131 cm³/mol. The lowest BCUT2D eigenvalue weighted by Gasteiger charge is -2.19. The van der Waals surface area contributed by atoms with Crippen LogP contribution in [0.15, 0.2) is 86.9 Å². The minimum Gasteiger partial charge on any atom is -0.467 e. The Morgan fingerprint density at radius 1 is 1.12 bits per heavy atom. The van der Waals surface area contributed by atoms with Crippen molar-refractivity contribution >= 4 is 57.1 Å². The molecule has 0 saturated heterocycles. The Hall–Kier alpha value is -3.14. The minimum absolute atomic E-state index is 0.127. The molecular formula is C23H18ClN5O2S2. The highest BCUT2D eigenvalue weighted by Crippen LogP contribution is 2.35. The van der Waals surface area contributed by atoms with Crippen molar-refractivity contribution in [1.29, 1.82) is 0 Å². The molecule has 3 heterocycles. The van der Waals surface area contributed by atoms with Crippen LogP contribution in [0.2, 0.25) is 5.02 Å². The molecule has 7 nitrogen and oxygen atoms in total. The summed E-state index contributed by atoms with van der Waals surface area (Å²) < 4.78 is 6.31. The van der Waals surface area contributed by atoms with Gasteiger partial charge in [0.05, 0.1) is 17.7 Å². The van der Waals surface area contributed by atoms with Crippen molar-refractivity contribution in [2.24, 2.45) is 5.10 Å². The summed E-state index contributed by atoms with van der Waals surface area (Å²) in [6.45, 7) is 0. The SMILES string of the molecule is O=C(CSc1nnc(Nc2ccccc2)s1)N1N=C(c2ccc(Cl)cc2)CC1c1ccco1. The van der Waals surface area contributed by atoms with Crippen molar-refractivity contribution < 1.29 is 9.21 Å².